The topological polar surface area (TPSA) is 38.7 Å². The second kappa shape index (κ2) is 7.18. The normalized spacial score (nSPS) is 21.4. The Morgan fingerprint density at radius 1 is 1.15 bits per heavy atom. The van der Waals surface area contributed by atoms with Crippen molar-refractivity contribution < 1.29 is 5.11 Å². The van der Waals surface area contributed by atoms with E-state index in [1.807, 2.05) is 25.2 Å². The fourth-order valence-electron chi connectivity index (χ4n) is 2.93. The fourth-order valence-corrected chi connectivity index (χ4v) is 2.93. The molecule has 2 N–H and O–H groups in total. The first-order valence-corrected chi connectivity index (χ1v) is 7.46. The van der Waals surface area contributed by atoms with Crippen LogP contribution in [0.25, 0.3) is 0 Å². The van der Waals surface area contributed by atoms with Crippen LogP contribution in [0.1, 0.15) is 12.0 Å². The molecule has 2 rings (SSSR count). The first-order valence-electron chi connectivity index (χ1n) is 7.46. The first kappa shape index (κ1) is 15.4. The number of rotatable bonds is 5. The predicted octanol–water partition coefficient (Wildman–Crippen LogP) is 0.731. The molecule has 0 aromatic heterocycles. The summed E-state index contributed by atoms with van der Waals surface area (Å²) in [4.78, 5) is 4.84. The molecule has 1 aromatic rings. The maximum absolute atomic E-state index is 9.98. The third-order valence-electron chi connectivity index (χ3n) is 4.38. The molecular formula is C16H27N3O. The number of nitrogens with zero attached hydrogens (tertiary/aromatic N) is 2. The molecule has 4 heteroatoms. The van der Waals surface area contributed by atoms with Crippen LogP contribution in [-0.2, 0) is 5.54 Å². The molecule has 1 unspecified atom stereocenters. The fraction of sp³-hybridized carbons (Fsp3) is 0.625. The molecule has 1 saturated heterocycles. The van der Waals surface area contributed by atoms with Crippen LogP contribution in [0.2, 0.25) is 0 Å². The minimum absolute atomic E-state index is 0.111. The highest BCUT2D eigenvalue weighted by Crippen LogP contribution is 2.22. The second-order valence-electron chi connectivity index (χ2n) is 5.79. The lowest BCUT2D eigenvalue weighted by Gasteiger charge is -2.37. The third kappa shape index (κ3) is 3.58. The van der Waals surface area contributed by atoms with E-state index < -0.39 is 0 Å². The molecule has 20 heavy (non-hydrogen) atoms. The molecule has 1 aliphatic rings. The molecular weight excluding hydrogens is 250 g/mol. The number of nitrogens with one attached hydrogen (secondary N) is 1. The molecule has 112 valence electrons. The van der Waals surface area contributed by atoms with Gasteiger partial charge in [0.25, 0.3) is 0 Å². The molecule has 0 spiro atoms. The zero-order valence-electron chi connectivity index (χ0n) is 12.7. The van der Waals surface area contributed by atoms with E-state index in [0.29, 0.717) is 0 Å². The lowest BCUT2D eigenvalue weighted by Crippen LogP contribution is -2.52. The highest BCUT2D eigenvalue weighted by atomic mass is 16.3. The van der Waals surface area contributed by atoms with E-state index in [2.05, 4.69) is 34.3 Å². The van der Waals surface area contributed by atoms with Gasteiger partial charge in [-0.3, -0.25) is 4.90 Å². The summed E-state index contributed by atoms with van der Waals surface area (Å²) in [6, 6.07) is 10.3. The van der Waals surface area contributed by atoms with E-state index in [-0.39, 0.29) is 12.1 Å². The number of benzene rings is 1. The van der Waals surface area contributed by atoms with Crippen LogP contribution in [0, 0.1) is 0 Å². The minimum Gasteiger partial charge on any atom is -0.394 e. The zero-order valence-corrected chi connectivity index (χ0v) is 12.7. The van der Waals surface area contributed by atoms with E-state index in [9.17, 15) is 5.11 Å². The molecule has 1 fully saturated rings. The lowest BCUT2D eigenvalue weighted by atomic mass is 9.90. The molecule has 1 aliphatic heterocycles. The van der Waals surface area contributed by atoms with Gasteiger partial charge in [0.2, 0.25) is 0 Å². The molecule has 1 heterocycles. The Hall–Kier alpha value is -0.940. The van der Waals surface area contributed by atoms with Crippen molar-refractivity contribution in [3.8, 4) is 0 Å². The Labute approximate surface area is 122 Å². The molecule has 1 atom stereocenters. The van der Waals surface area contributed by atoms with Crippen molar-refractivity contribution in [2.24, 2.45) is 0 Å². The maximum atomic E-state index is 9.98. The van der Waals surface area contributed by atoms with Gasteiger partial charge in [-0.25, -0.2) is 0 Å². The van der Waals surface area contributed by atoms with Gasteiger partial charge in [-0.2, -0.15) is 0 Å². The molecule has 0 radical (unpaired) electrons. The standard InChI is InChI=1S/C16H27N3O/c1-17-16(14-20,15-7-4-3-5-8-15)13-19-10-6-9-18(2)11-12-19/h3-5,7-8,17,20H,6,9-14H2,1-2H3. The van der Waals surface area contributed by atoms with Crippen molar-refractivity contribution in [3.05, 3.63) is 35.9 Å². The van der Waals surface area contributed by atoms with Crippen molar-refractivity contribution in [1.82, 2.24) is 15.1 Å². The van der Waals surface area contributed by atoms with Crippen LogP contribution in [0.4, 0.5) is 0 Å². The summed E-state index contributed by atoms with van der Waals surface area (Å²) >= 11 is 0. The van der Waals surface area contributed by atoms with E-state index in [0.717, 1.165) is 38.3 Å². The summed E-state index contributed by atoms with van der Waals surface area (Å²) in [5.41, 5.74) is 0.784. The Morgan fingerprint density at radius 3 is 2.55 bits per heavy atom. The Morgan fingerprint density at radius 2 is 1.90 bits per heavy atom. The van der Waals surface area contributed by atoms with Crippen molar-refractivity contribution >= 4 is 0 Å². The smallest absolute Gasteiger partial charge is 0.0795 e. The number of aliphatic hydroxyl groups excluding tert-OH is 1. The molecule has 0 aliphatic carbocycles. The Bertz CT molecular complexity index is 392. The average molecular weight is 277 g/mol. The van der Waals surface area contributed by atoms with Crippen LogP contribution in [0.5, 0.6) is 0 Å². The van der Waals surface area contributed by atoms with Crippen LogP contribution in [-0.4, -0.2) is 68.3 Å². The van der Waals surface area contributed by atoms with E-state index in [4.69, 9.17) is 0 Å². The molecule has 0 bridgehead atoms. The van der Waals surface area contributed by atoms with Crippen molar-refractivity contribution in [2.45, 2.75) is 12.0 Å². The van der Waals surface area contributed by atoms with Crippen LogP contribution in [0.3, 0.4) is 0 Å². The van der Waals surface area contributed by atoms with Gasteiger partial charge < -0.3 is 15.3 Å². The van der Waals surface area contributed by atoms with Gasteiger partial charge in [-0.15, -0.1) is 0 Å². The van der Waals surface area contributed by atoms with Crippen molar-refractivity contribution in [2.75, 3.05) is 53.4 Å². The monoisotopic (exact) mass is 277 g/mol. The van der Waals surface area contributed by atoms with E-state index in [1.54, 1.807) is 0 Å². The van der Waals surface area contributed by atoms with Crippen LogP contribution in [0.15, 0.2) is 30.3 Å². The predicted molar refractivity (Wildman–Crippen MR) is 82.8 cm³/mol. The summed E-state index contributed by atoms with van der Waals surface area (Å²) < 4.78 is 0. The van der Waals surface area contributed by atoms with Gasteiger partial charge >= 0.3 is 0 Å². The lowest BCUT2D eigenvalue weighted by molar-refractivity contribution is 0.114. The number of aliphatic hydroxyl groups is 1. The Kier molecular flexibility index (Phi) is 5.54. The molecule has 4 nitrogen and oxygen atoms in total. The highest BCUT2D eigenvalue weighted by molar-refractivity contribution is 5.25. The van der Waals surface area contributed by atoms with Crippen molar-refractivity contribution in [3.63, 3.8) is 0 Å². The van der Waals surface area contributed by atoms with Gasteiger partial charge in [-0.05, 0) is 39.2 Å². The van der Waals surface area contributed by atoms with Gasteiger partial charge in [0.05, 0.1) is 12.1 Å². The summed E-state index contributed by atoms with van der Waals surface area (Å²) in [5.74, 6) is 0. The van der Waals surface area contributed by atoms with Crippen molar-refractivity contribution in [1.29, 1.82) is 0 Å². The van der Waals surface area contributed by atoms with Gasteiger partial charge in [0, 0.05) is 19.6 Å². The first-order chi connectivity index (χ1) is 9.70. The zero-order chi connectivity index (χ0) is 14.4. The minimum atomic E-state index is -0.371. The average Bonchev–Trinajstić information content (AvgIpc) is 2.70. The summed E-state index contributed by atoms with van der Waals surface area (Å²) in [5, 5.41) is 13.3. The maximum Gasteiger partial charge on any atom is 0.0795 e. The quantitative estimate of drug-likeness (QED) is 0.832. The van der Waals surface area contributed by atoms with Gasteiger partial charge in [0.1, 0.15) is 0 Å². The van der Waals surface area contributed by atoms with E-state index >= 15 is 0 Å². The second-order valence-corrected chi connectivity index (χ2v) is 5.79. The Balaban J connectivity index is 2.12. The molecule has 1 aromatic carbocycles. The summed E-state index contributed by atoms with van der Waals surface area (Å²) in [6.45, 7) is 5.37. The summed E-state index contributed by atoms with van der Waals surface area (Å²) in [7, 11) is 4.12. The number of hydrogen-bond acceptors (Lipinski definition) is 4. The number of hydrogen-bond donors (Lipinski definition) is 2. The van der Waals surface area contributed by atoms with Gasteiger partial charge in [0.15, 0.2) is 0 Å². The summed E-state index contributed by atoms with van der Waals surface area (Å²) in [6.07, 6.45) is 1.19. The third-order valence-corrected chi connectivity index (χ3v) is 4.38. The SMILES string of the molecule is CNC(CO)(CN1CCCN(C)CC1)c1ccccc1. The number of likely N-dealkylation sites (N-methyl/N-ethyl adjacent to an activating group) is 2. The molecule has 0 saturated carbocycles. The largest absolute Gasteiger partial charge is 0.394 e. The van der Waals surface area contributed by atoms with E-state index in [1.165, 1.54) is 6.42 Å². The van der Waals surface area contributed by atoms with Crippen LogP contribution >= 0.6 is 0 Å². The van der Waals surface area contributed by atoms with Gasteiger partial charge in [-0.1, -0.05) is 30.3 Å². The highest BCUT2D eigenvalue weighted by Gasteiger charge is 2.32. The van der Waals surface area contributed by atoms with Crippen LogP contribution < -0.4 is 5.32 Å². The molecule has 0 amide bonds.